The zero-order valence-corrected chi connectivity index (χ0v) is 11.9. The predicted octanol–water partition coefficient (Wildman–Crippen LogP) is 1.76. The number of likely N-dealkylation sites (N-methyl/N-ethyl adjacent to an activating group) is 1. The van der Waals surface area contributed by atoms with Crippen LogP contribution in [0.2, 0.25) is 0 Å². The summed E-state index contributed by atoms with van der Waals surface area (Å²) >= 11 is 0. The third kappa shape index (κ3) is 2.39. The smallest absolute Gasteiger partial charge is 0.119 e. The van der Waals surface area contributed by atoms with Gasteiger partial charge in [-0.25, -0.2) is 0 Å². The molecule has 4 radical (unpaired) electrons. The average molecular weight is 252 g/mol. The third-order valence-corrected chi connectivity index (χ3v) is 3.79. The van der Waals surface area contributed by atoms with Crippen molar-refractivity contribution in [2.45, 2.75) is 18.3 Å². The van der Waals surface area contributed by atoms with Gasteiger partial charge in [-0.2, -0.15) is 0 Å². The van der Waals surface area contributed by atoms with E-state index in [0.717, 1.165) is 16.7 Å². The van der Waals surface area contributed by atoms with Gasteiger partial charge in [-0.1, -0.05) is 6.92 Å². The molecule has 0 aliphatic carbocycles. The second-order valence-electron chi connectivity index (χ2n) is 5.21. The van der Waals surface area contributed by atoms with Crippen molar-refractivity contribution < 1.29 is 4.74 Å². The monoisotopic (exact) mass is 252 g/mol. The first kappa shape index (κ1) is 14.1. The molecule has 2 aromatic rings. The summed E-state index contributed by atoms with van der Waals surface area (Å²) in [5.74, 6) is 0.496. The van der Waals surface area contributed by atoms with Gasteiger partial charge in [0.25, 0.3) is 0 Å². The van der Waals surface area contributed by atoms with Crippen molar-refractivity contribution in [1.82, 2.24) is 9.47 Å². The van der Waals surface area contributed by atoms with Crippen LogP contribution in [-0.4, -0.2) is 51.8 Å². The summed E-state index contributed by atoms with van der Waals surface area (Å²) in [6, 6.07) is 7.93. The van der Waals surface area contributed by atoms with Gasteiger partial charge in [0.1, 0.15) is 13.6 Å². The van der Waals surface area contributed by atoms with Crippen LogP contribution in [0.25, 0.3) is 10.9 Å². The molecule has 19 heavy (non-hydrogen) atoms. The van der Waals surface area contributed by atoms with Crippen molar-refractivity contribution in [2.24, 2.45) is 0 Å². The summed E-state index contributed by atoms with van der Waals surface area (Å²) in [5, 5.41) is 1.09. The van der Waals surface area contributed by atoms with E-state index < -0.39 is 5.44 Å². The maximum atomic E-state index is 6.32. The summed E-state index contributed by atoms with van der Waals surface area (Å²) in [7, 11) is 18.1. The summed E-state index contributed by atoms with van der Waals surface area (Å²) in [4.78, 5) is 1.92. The van der Waals surface area contributed by atoms with Gasteiger partial charge in [0.2, 0.25) is 0 Å². The van der Waals surface area contributed by atoms with Gasteiger partial charge in [-0.15, -0.1) is 0 Å². The first-order valence-electron chi connectivity index (χ1n) is 6.24. The number of methoxy groups -OCH3 is 1. The number of rotatable bonds is 4. The Bertz CT molecular complexity index is 578. The Kier molecular flexibility index (Phi) is 3.68. The van der Waals surface area contributed by atoms with Crippen LogP contribution < -0.4 is 4.74 Å². The molecule has 0 aliphatic rings. The molecule has 0 aliphatic heterocycles. The molecule has 0 saturated carbocycles. The first-order chi connectivity index (χ1) is 8.87. The Morgan fingerprint density at radius 3 is 2.58 bits per heavy atom. The number of benzene rings is 1. The highest BCUT2D eigenvalue weighted by atomic mass is 16.5. The van der Waals surface area contributed by atoms with Gasteiger partial charge >= 0.3 is 0 Å². The van der Waals surface area contributed by atoms with Crippen molar-refractivity contribution in [2.75, 3.05) is 21.2 Å². The number of nitrogens with zero attached hydrogens (tertiary/aromatic N) is 2. The minimum atomic E-state index is -0.633. The molecule has 0 N–H and O–H groups in total. The molecule has 1 aromatic carbocycles. The second-order valence-corrected chi connectivity index (χ2v) is 5.21. The highest BCUT2D eigenvalue weighted by molar-refractivity contribution is 6.23. The lowest BCUT2D eigenvalue weighted by Crippen LogP contribution is -2.49. The average Bonchev–Trinajstić information content (AvgIpc) is 2.79. The second kappa shape index (κ2) is 4.97. The topological polar surface area (TPSA) is 17.4 Å². The quantitative estimate of drug-likeness (QED) is 0.771. The van der Waals surface area contributed by atoms with Crippen molar-refractivity contribution in [1.29, 1.82) is 0 Å². The molecule has 1 heterocycles. The number of hydrogen-bond donors (Lipinski definition) is 0. The van der Waals surface area contributed by atoms with E-state index in [0.29, 0.717) is 0 Å². The molecule has 0 saturated heterocycles. The Morgan fingerprint density at radius 2 is 2.00 bits per heavy atom. The Morgan fingerprint density at radius 1 is 1.32 bits per heavy atom. The summed E-state index contributed by atoms with van der Waals surface area (Å²) in [5.41, 5.74) is 0.415. The van der Waals surface area contributed by atoms with E-state index in [9.17, 15) is 0 Å². The summed E-state index contributed by atoms with van der Waals surface area (Å²) < 4.78 is 7.22. The van der Waals surface area contributed by atoms with Crippen LogP contribution in [0.4, 0.5) is 0 Å². The molecule has 96 valence electrons. The van der Waals surface area contributed by atoms with Gasteiger partial charge < -0.3 is 14.2 Å². The Hall–Kier alpha value is -1.35. The van der Waals surface area contributed by atoms with E-state index in [1.165, 1.54) is 0 Å². The largest absolute Gasteiger partial charge is 0.497 e. The molecule has 3 nitrogen and oxygen atoms in total. The van der Waals surface area contributed by atoms with Crippen molar-refractivity contribution in [3.05, 3.63) is 30.5 Å². The van der Waals surface area contributed by atoms with Crippen molar-refractivity contribution in [3.63, 3.8) is 0 Å². The third-order valence-electron chi connectivity index (χ3n) is 3.79. The molecule has 1 unspecified atom stereocenters. The van der Waals surface area contributed by atoms with E-state index in [-0.39, 0.29) is 5.94 Å². The predicted molar refractivity (Wildman–Crippen MR) is 81.1 cm³/mol. The van der Waals surface area contributed by atoms with Gasteiger partial charge in [0.05, 0.1) is 15.0 Å². The SMILES string of the molecule is [B]C(n1ccc2cc(OC)ccc21)[C@@]([B])(C)N(C)C. The summed E-state index contributed by atoms with van der Waals surface area (Å²) in [6.07, 6.45) is 1.96. The van der Waals surface area contributed by atoms with Crippen LogP contribution in [0, 0.1) is 0 Å². The van der Waals surface area contributed by atoms with E-state index in [1.54, 1.807) is 7.11 Å². The van der Waals surface area contributed by atoms with Crippen molar-refractivity contribution >= 4 is 26.6 Å². The number of hydrogen-bond acceptors (Lipinski definition) is 2. The zero-order chi connectivity index (χ0) is 14.2. The van der Waals surface area contributed by atoms with Gasteiger partial charge in [-0.3, -0.25) is 0 Å². The maximum absolute atomic E-state index is 6.32. The Balaban J connectivity index is 2.46. The molecule has 0 amide bonds. The number of fused-ring (bicyclic) bond motifs is 1. The molecule has 2 rings (SSSR count). The highest BCUT2D eigenvalue weighted by Crippen LogP contribution is 2.28. The molecule has 2 atom stereocenters. The van der Waals surface area contributed by atoms with Crippen LogP contribution in [0.1, 0.15) is 12.9 Å². The van der Waals surface area contributed by atoms with Gasteiger partial charge in [0, 0.05) is 23.0 Å². The zero-order valence-electron chi connectivity index (χ0n) is 11.9. The van der Waals surface area contributed by atoms with E-state index >= 15 is 0 Å². The minimum absolute atomic E-state index is 0.339. The normalized spacial score (nSPS) is 16.5. The molecule has 5 heteroatoms. The fraction of sp³-hybridized carbons (Fsp3) is 0.429. The molecule has 0 bridgehead atoms. The van der Waals surface area contributed by atoms with Crippen LogP contribution >= 0.6 is 0 Å². The fourth-order valence-corrected chi connectivity index (χ4v) is 2.06. The van der Waals surface area contributed by atoms with Gasteiger partial charge in [-0.05, 0) is 43.8 Å². The molecule has 0 fully saturated rings. The molecule has 0 spiro atoms. The standard InChI is InChI=1S/C14H18B2N2O/c1-14(16,17(2)3)13(15)18-8-7-10-9-11(19-4)5-6-12(10)18/h5-9,13H,1-4H3/t13?,14-/m1/s1. The Labute approximate surface area is 117 Å². The van der Waals surface area contributed by atoms with Crippen molar-refractivity contribution in [3.8, 4) is 5.75 Å². The maximum Gasteiger partial charge on any atom is 0.119 e. The molecular formula is C14H18B2N2O. The molecular weight excluding hydrogens is 234 g/mol. The minimum Gasteiger partial charge on any atom is -0.497 e. The number of ether oxygens (including phenoxy) is 1. The lowest BCUT2D eigenvalue weighted by Gasteiger charge is -2.40. The van der Waals surface area contributed by atoms with Crippen LogP contribution in [0.5, 0.6) is 5.75 Å². The lowest BCUT2D eigenvalue weighted by atomic mass is 9.64. The highest BCUT2D eigenvalue weighted by Gasteiger charge is 2.28. The van der Waals surface area contributed by atoms with Crippen LogP contribution in [-0.2, 0) is 0 Å². The fourth-order valence-electron chi connectivity index (χ4n) is 2.06. The first-order valence-corrected chi connectivity index (χ1v) is 6.24. The van der Waals surface area contributed by atoms with Gasteiger partial charge in [0.15, 0.2) is 0 Å². The van der Waals surface area contributed by atoms with E-state index in [4.69, 9.17) is 20.4 Å². The van der Waals surface area contributed by atoms with E-state index in [1.807, 2.05) is 60.9 Å². The lowest BCUT2D eigenvalue weighted by molar-refractivity contribution is 0.232. The van der Waals surface area contributed by atoms with Crippen LogP contribution in [0.3, 0.4) is 0 Å². The molecule has 1 aromatic heterocycles. The van der Waals surface area contributed by atoms with E-state index in [2.05, 4.69) is 0 Å². The van der Waals surface area contributed by atoms with Crippen LogP contribution in [0.15, 0.2) is 30.5 Å². The summed E-state index contributed by atoms with van der Waals surface area (Å²) in [6.45, 7) is 1.92. The number of aromatic nitrogens is 1.